The van der Waals surface area contributed by atoms with Gasteiger partial charge in [-0.1, -0.05) is 35.9 Å². The monoisotopic (exact) mass is 349 g/mol. The number of hydrogen-bond acceptors (Lipinski definition) is 4. The van der Waals surface area contributed by atoms with E-state index < -0.39 is 0 Å². The minimum Gasteiger partial charge on any atom is -0.306 e. The maximum atomic E-state index is 5.18. The minimum atomic E-state index is 0.388. The molecule has 3 nitrogen and oxygen atoms in total. The van der Waals surface area contributed by atoms with Crippen LogP contribution in [0.25, 0.3) is 10.2 Å². The Balaban J connectivity index is 1.77. The highest BCUT2D eigenvalue weighted by Crippen LogP contribution is 2.26. The summed E-state index contributed by atoms with van der Waals surface area (Å²) in [6.45, 7) is 4.37. The Labute approximate surface area is 153 Å². The van der Waals surface area contributed by atoms with E-state index in [2.05, 4.69) is 61.3 Å². The number of aryl methyl sites for hydroxylation is 1. The second-order valence-electron chi connectivity index (χ2n) is 6.87. The smallest absolute Gasteiger partial charge is 0.143 e. The van der Waals surface area contributed by atoms with Crippen molar-refractivity contribution < 1.29 is 0 Å². The first-order valence-corrected chi connectivity index (χ1v) is 9.70. The van der Waals surface area contributed by atoms with Crippen LogP contribution in [0.3, 0.4) is 0 Å². The van der Waals surface area contributed by atoms with Gasteiger partial charge in [-0.05, 0) is 58.1 Å². The van der Waals surface area contributed by atoms with Gasteiger partial charge in [-0.2, -0.15) is 0 Å². The van der Waals surface area contributed by atoms with E-state index in [-0.39, 0.29) is 0 Å². The van der Waals surface area contributed by atoms with Crippen molar-refractivity contribution in [1.82, 2.24) is 9.88 Å². The van der Waals surface area contributed by atoms with Crippen molar-refractivity contribution in [3.8, 4) is 0 Å². The molecule has 2 aromatic carbocycles. The number of para-hydroxylation sites is 1. The molecule has 1 aliphatic rings. The van der Waals surface area contributed by atoms with Crippen LogP contribution in [0.5, 0.6) is 0 Å². The summed E-state index contributed by atoms with van der Waals surface area (Å²) in [5.41, 5.74) is 4.55. The Hall–Kier alpha value is -2.04. The molecule has 25 heavy (non-hydrogen) atoms. The zero-order valence-electron chi connectivity index (χ0n) is 14.8. The first kappa shape index (κ1) is 16.4. The van der Waals surface area contributed by atoms with Gasteiger partial charge in [-0.25, -0.2) is 4.98 Å². The lowest BCUT2D eigenvalue weighted by molar-refractivity contribution is 0.257. The number of thiazole rings is 1. The summed E-state index contributed by atoms with van der Waals surface area (Å²) in [6, 6.07) is 17.4. The third-order valence-electron chi connectivity index (χ3n) is 4.79. The van der Waals surface area contributed by atoms with Crippen molar-refractivity contribution >= 4 is 27.3 Å². The van der Waals surface area contributed by atoms with Gasteiger partial charge in [0.2, 0.25) is 0 Å². The second-order valence-corrected chi connectivity index (χ2v) is 7.90. The van der Waals surface area contributed by atoms with E-state index in [0.29, 0.717) is 6.04 Å². The zero-order valence-corrected chi connectivity index (χ0v) is 15.6. The summed E-state index contributed by atoms with van der Waals surface area (Å²) in [6.07, 6.45) is 2.24. The van der Waals surface area contributed by atoms with Crippen LogP contribution in [-0.4, -0.2) is 41.8 Å². The Morgan fingerprint density at radius 1 is 1.12 bits per heavy atom. The average Bonchev–Trinajstić information content (AvgIpc) is 3.05. The number of aliphatic imine (C=N–C) groups is 1. The van der Waals surface area contributed by atoms with Crippen molar-refractivity contribution in [2.45, 2.75) is 25.8 Å². The Morgan fingerprint density at radius 2 is 1.92 bits per heavy atom. The first-order chi connectivity index (χ1) is 12.2. The van der Waals surface area contributed by atoms with Crippen LogP contribution in [0.1, 0.15) is 29.0 Å². The standard InChI is InChI=1S/C21H23N3S/c1-15-6-5-7-16(14-15)20(22-17-10-12-24(2)13-11-17)21-23-18-8-3-4-9-19(18)25-21/h3-9,14,17H,10-13H2,1-2H3. The van der Waals surface area contributed by atoms with Crippen LogP contribution >= 0.6 is 11.3 Å². The predicted octanol–water partition coefficient (Wildman–Crippen LogP) is 4.54. The van der Waals surface area contributed by atoms with Crippen LogP contribution < -0.4 is 0 Å². The first-order valence-electron chi connectivity index (χ1n) is 8.88. The molecule has 4 rings (SSSR count). The fourth-order valence-electron chi connectivity index (χ4n) is 3.33. The summed E-state index contributed by atoms with van der Waals surface area (Å²) in [4.78, 5) is 12.4. The lowest BCUT2D eigenvalue weighted by Crippen LogP contribution is -2.32. The van der Waals surface area contributed by atoms with Crippen molar-refractivity contribution in [3.05, 3.63) is 64.7 Å². The fourth-order valence-corrected chi connectivity index (χ4v) is 4.31. The van der Waals surface area contributed by atoms with Gasteiger partial charge in [0.1, 0.15) is 10.7 Å². The molecular formula is C21H23N3S. The molecule has 0 bridgehead atoms. The molecule has 0 radical (unpaired) electrons. The minimum absolute atomic E-state index is 0.388. The van der Waals surface area contributed by atoms with Crippen molar-refractivity contribution in [2.75, 3.05) is 20.1 Å². The molecule has 0 spiro atoms. The Kier molecular flexibility index (Phi) is 4.64. The van der Waals surface area contributed by atoms with E-state index in [1.165, 1.54) is 15.8 Å². The van der Waals surface area contributed by atoms with Crippen LogP contribution in [-0.2, 0) is 0 Å². The molecule has 0 saturated carbocycles. The molecule has 3 aromatic rings. The maximum Gasteiger partial charge on any atom is 0.143 e. The number of aromatic nitrogens is 1. The third-order valence-corrected chi connectivity index (χ3v) is 5.83. The molecule has 0 amide bonds. The summed E-state index contributed by atoms with van der Waals surface area (Å²) < 4.78 is 1.22. The van der Waals surface area contributed by atoms with Crippen LogP contribution in [0.4, 0.5) is 0 Å². The molecule has 128 valence electrons. The third kappa shape index (κ3) is 3.65. The summed E-state index contributed by atoms with van der Waals surface area (Å²) >= 11 is 1.74. The number of rotatable bonds is 3. The molecule has 0 N–H and O–H groups in total. The number of fused-ring (bicyclic) bond motifs is 1. The van der Waals surface area contributed by atoms with E-state index in [1.54, 1.807) is 11.3 Å². The molecule has 1 aliphatic heterocycles. The van der Waals surface area contributed by atoms with Crippen molar-refractivity contribution in [3.63, 3.8) is 0 Å². The van der Waals surface area contributed by atoms with E-state index in [0.717, 1.165) is 42.2 Å². The van der Waals surface area contributed by atoms with Crippen LogP contribution in [0.15, 0.2) is 53.5 Å². The average molecular weight is 350 g/mol. The van der Waals surface area contributed by atoms with Crippen LogP contribution in [0, 0.1) is 6.92 Å². The predicted molar refractivity (Wildman–Crippen MR) is 107 cm³/mol. The fraction of sp³-hybridized carbons (Fsp3) is 0.333. The normalized spacial score (nSPS) is 17.3. The molecular weight excluding hydrogens is 326 g/mol. The number of nitrogens with zero attached hydrogens (tertiary/aromatic N) is 3. The van der Waals surface area contributed by atoms with Gasteiger partial charge >= 0.3 is 0 Å². The van der Waals surface area contributed by atoms with Crippen molar-refractivity contribution in [1.29, 1.82) is 0 Å². The van der Waals surface area contributed by atoms with Gasteiger partial charge < -0.3 is 4.90 Å². The Bertz CT molecular complexity index is 871. The highest BCUT2D eigenvalue weighted by Gasteiger charge is 2.19. The SMILES string of the molecule is Cc1cccc(C(=NC2CCN(C)CC2)c2nc3ccccc3s2)c1. The van der Waals surface area contributed by atoms with Crippen molar-refractivity contribution in [2.24, 2.45) is 4.99 Å². The van der Waals surface area contributed by atoms with Gasteiger partial charge in [0, 0.05) is 5.56 Å². The molecule has 0 atom stereocenters. The zero-order chi connectivity index (χ0) is 17.2. The topological polar surface area (TPSA) is 28.5 Å². The van der Waals surface area contributed by atoms with Gasteiger partial charge in [-0.3, -0.25) is 4.99 Å². The number of benzene rings is 2. The van der Waals surface area contributed by atoms with E-state index in [4.69, 9.17) is 9.98 Å². The quantitative estimate of drug-likeness (QED) is 0.650. The largest absolute Gasteiger partial charge is 0.306 e. The van der Waals surface area contributed by atoms with E-state index >= 15 is 0 Å². The number of piperidine rings is 1. The van der Waals surface area contributed by atoms with Gasteiger partial charge in [0.25, 0.3) is 0 Å². The highest BCUT2D eigenvalue weighted by atomic mass is 32.1. The van der Waals surface area contributed by atoms with Gasteiger partial charge in [0.15, 0.2) is 0 Å². The highest BCUT2D eigenvalue weighted by molar-refractivity contribution is 7.20. The number of likely N-dealkylation sites (tertiary alicyclic amines) is 1. The lowest BCUT2D eigenvalue weighted by atomic mass is 10.0. The molecule has 1 fully saturated rings. The lowest BCUT2D eigenvalue weighted by Gasteiger charge is -2.27. The van der Waals surface area contributed by atoms with Gasteiger partial charge in [-0.15, -0.1) is 11.3 Å². The summed E-state index contributed by atoms with van der Waals surface area (Å²) in [7, 11) is 2.19. The number of hydrogen-bond donors (Lipinski definition) is 0. The molecule has 0 aliphatic carbocycles. The van der Waals surface area contributed by atoms with E-state index in [9.17, 15) is 0 Å². The summed E-state index contributed by atoms with van der Waals surface area (Å²) in [5.74, 6) is 0. The Morgan fingerprint density at radius 3 is 2.68 bits per heavy atom. The summed E-state index contributed by atoms with van der Waals surface area (Å²) in [5, 5.41) is 1.03. The second kappa shape index (κ2) is 7.06. The molecule has 1 saturated heterocycles. The van der Waals surface area contributed by atoms with Crippen LogP contribution in [0.2, 0.25) is 0 Å². The van der Waals surface area contributed by atoms with Gasteiger partial charge in [0.05, 0.1) is 16.3 Å². The molecule has 2 heterocycles. The molecule has 1 aromatic heterocycles. The maximum absolute atomic E-state index is 5.18. The van der Waals surface area contributed by atoms with E-state index in [1.807, 2.05) is 6.07 Å². The molecule has 4 heteroatoms. The molecule has 0 unspecified atom stereocenters.